The van der Waals surface area contributed by atoms with Gasteiger partial charge in [-0.25, -0.2) is 0 Å². The van der Waals surface area contributed by atoms with Crippen LogP contribution in [0.3, 0.4) is 0 Å². The van der Waals surface area contributed by atoms with Crippen LogP contribution in [-0.4, -0.2) is 17.0 Å². The van der Waals surface area contributed by atoms with E-state index in [1.165, 1.54) is 0 Å². The number of carbonyl (C=O) groups is 2. The second kappa shape index (κ2) is 8.13. The third-order valence-electron chi connectivity index (χ3n) is 3.97. The van der Waals surface area contributed by atoms with Crippen molar-refractivity contribution in [2.24, 2.45) is 17.6 Å². The molecule has 0 unspecified atom stereocenters. The van der Waals surface area contributed by atoms with Crippen molar-refractivity contribution >= 4 is 11.9 Å². The topological polar surface area (TPSA) is 80.4 Å². The van der Waals surface area contributed by atoms with Crippen molar-refractivity contribution < 1.29 is 14.7 Å². The van der Waals surface area contributed by atoms with Crippen LogP contribution in [0.4, 0.5) is 0 Å². The molecule has 4 heteroatoms. The van der Waals surface area contributed by atoms with Gasteiger partial charge in [0.25, 0.3) is 0 Å². The lowest BCUT2D eigenvalue weighted by Crippen LogP contribution is -2.30. The number of rotatable bonds is 8. The van der Waals surface area contributed by atoms with E-state index in [2.05, 4.69) is 0 Å². The van der Waals surface area contributed by atoms with Gasteiger partial charge in [-0.2, -0.15) is 0 Å². The van der Waals surface area contributed by atoms with E-state index in [4.69, 9.17) is 5.73 Å². The summed E-state index contributed by atoms with van der Waals surface area (Å²) < 4.78 is 0. The second-order valence-corrected chi connectivity index (χ2v) is 5.75. The minimum Gasteiger partial charge on any atom is -0.481 e. The molecule has 0 saturated heterocycles. The molecule has 23 heavy (non-hydrogen) atoms. The third kappa shape index (κ3) is 5.25. The third-order valence-corrected chi connectivity index (χ3v) is 3.97. The fraction of sp³-hybridized carbons (Fsp3) is 0.263. The van der Waals surface area contributed by atoms with Crippen LogP contribution in [0.25, 0.3) is 0 Å². The lowest BCUT2D eigenvalue weighted by molar-refractivity contribution is -0.142. The predicted molar refractivity (Wildman–Crippen MR) is 88.7 cm³/mol. The van der Waals surface area contributed by atoms with E-state index in [0.29, 0.717) is 12.8 Å². The molecule has 120 valence electrons. The van der Waals surface area contributed by atoms with Gasteiger partial charge in [-0.05, 0) is 30.4 Å². The molecule has 2 rings (SSSR count). The number of carbonyl (C=O) groups excluding carboxylic acids is 1. The average Bonchev–Trinajstić information content (AvgIpc) is 2.55. The Hall–Kier alpha value is -2.62. The second-order valence-electron chi connectivity index (χ2n) is 5.75. The molecule has 0 fully saturated rings. The van der Waals surface area contributed by atoms with Gasteiger partial charge in [-0.3, -0.25) is 9.59 Å². The smallest absolute Gasteiger partial charge is 0.306 e. The first-order valence-electron chi connectivity index (χ1n) is 7.66. The molecule has 0 bridgehead atoms. The summed E-state index contributed by atoms with van der Waals surface area (Å²) in [7, 11) is 0. The van der Waals surface area contributed by atoms with E-state index >= 15 is 0 Å². The van der Waals surface area contributed by atoms with E-state index in [9.17, 15) is 14.7 Å². The molecule has 2 aromatic rings. The highest BCUT2D eigenvalue weighted by molar-refractivity contribution is 5.78. The van der Waals surface area contributed by atoms with E-state index in [1.54, 1.807) is 0 Å². The molecule has 0 aliphatic heterocycles. The van der Waals surface area contributed by atoms with Crippen LogP contribution < -0.4 is 5.73 Å². The van der Waals surface area contributed by atoms with Gasteiger partial charge in [0.05, 0.1) is 5.92 Å². The normalized spacial score (nSPS) is 13.2. The maximum atomic E-state index is 11.7. The minimum absolute atomic E-state index is 0.244. The Morgan fingerprint density at radius 2 is 1.26 bits per heavy atom. The van der Waals surface area contributed by atoms with E-state index in [-0.39, 0.29) is 6.42 Å². The zero-order valence-corrected chi connectivity index (χ0v) is 12.9. The standard InChI is InChI=1S/C19H21NO3/c20-18(21)16(11-14-7-3-1-4-8-14)13-17(19(22)23)12-15-9-5-2-6-10-15/h1-10,16-17H,11-13H2,(H2,20,21)(H,22,23)/t16-,17-/m1/s1. The molecule has 0 aromatic heterocycles. The van der Waals surface area contributed by atoms with Gasteiger partial charge in [-0.15, -0.1) is 0 Å². The zero-order chi connectivity index (χ0) is 16.7. The average molecular weight is 311 g/mol. The highest BCUT2D eigenvalue weighted by Crippen LogP contribution is 2.21. The molecule has 0 spiro atoms. The first kappa shape index (κ1) is 16.7. The summed E-state index contributed by atoms with van der Waals surface area (Å²) in [6.07, 6.45) is 1.11. The SMILES string of the molecule is NC(=O)[C@H](Cc1ccccc1)C[C@@H](Cc1ccccc1)C(=O)O. The number of aliphatic carboxylic acids is 1. The first-order valence-corrected chi connectivity index (χ1v) is 7.66. The molecule has 0 aliphatic rings. The van der Waals surface area contributed by atoms with Crippen molar-refractivity contribution in [2.45, 2.75) is 19.3 Å². The lowest BCUT2D eigenvalue weighted by Gasteiger charge is -2.19. The molecule has 2 aromatic carbocycles. The Morgan fingerprint density at radius 3 is 1.65 bits per heavy atom. The van der Waals surface area contributed by atoms with Gasteiger partial charge in [0, 0.05) is 5.92 Å². The number of benzene rings is 2. The van der Waals surface area contributed by atoms with Crippen molar-refractivity contribution in [3.05, 3.63) is 71.8 Å². The lowest BCUT2D eigenvalue weighted by atomic mass is 9.85. The highest BCUT2D eigenvalue weighted by atomic mass is 16.4. The molecular weight excluding hydrogens is 290 g/mol. The van der Waals surface area contributed by atoms with Crippen LogP contribution in [0.1, 0.15) is 17.5 Å². The molecule has 1 amide bonds. The molecule has 0 saturated carbocycles. The Morgan fingerprint density at radius 1 is 0.826 bits per heavy atom. The fourth-order valence-electron chi connectivity index (χ4n) is 2.71. The summed E-state index contributed by atoms with van der Waals surface area (Å²) in [5, 5.41) is 9.48. The summed E-state index contributed by atoms with van der Waals surface area (Å²) in [4.78, 5) is 23.3. The number of carboxylic acids is 1. The van der Waals surface area contributed by atoms with Crippen LogP contribution in [0.2, 0.25) is 0 Å². The van der Waals surface area contributed by atoms with Gasteiger partial charge in [0.2, 0.25) is 5.91 Å². The molecule has 3 N–H and O–H groups in total. The summed E-state index contributed by atoms with van der Waals surface area (Å²) in [5.74, 6) is -2.46. The highest BCUT2D eigenvalue weighted by Gasteiger charge is 2.26. The maximum absolute atomic E-state index is 11.7. The van der Waals surface area contributed by atoms with Gasteiger partial charge in [-0.1, -0.05) is 60.7 Å². The number of hydrogen-bond acceptors (Lipinski definition) is 2. The van der Waals surface area contributed by atoms with E-state index < -0.39 is 23.7 Å². The Labute approximate surface area is 136 Å². The number of primary amides is 1. The Bertz CT molecular complexity index is 583. The van der Waals surface area contributed by atoms with Crippen LogP contribution in [0, 0.1) is 11.8 Å². The summed E-state index contributed by atoms with van der Waals surface area (Å²) in [6, 6.07) is 19.0. The van der Waals surface area contributed by atoms with Crippen LogP contribution in [-0.2, 0) is 22.4 Å². The number of amides is 1. The van der Waals surface area contributed by atoms with E-state index in [0.717, 1.165) is 11.1 Å². The summed E-state index contributed by atoms with van der Waals surface area (Å²) in [5.41, 5.74) is 7.43. The molecule has 0 heterocycles. The minimum atomic E-state index is -0.895. The fourth-order valence-corrected chi connectivity index (χ4v) is 2.71. The monoisotopic (exact) mass is 311 g/mol. The quantitative estimate of drug-likeness (QED) is 0.786. The van der Waals surface area contributed by atoms with Crippen LogP contribution in [0.5, 0.6) is 0 Å². The Kier molecular flexibility index (Phi) is 5.92. The van der Waals surface area contributed by atoms with Gasteiger partial charge < -0.3 is 10.8 Å². The summed E-state index contributed by atoms with van der Waals surface area (Å²) >= 11 is 0. The van der Waals surface area contributed by atoms with Gasteiger partial charge in [0.1, 0.15) is 0 Å². The number of nitrogens with two attached hydrogens (primary N) is 1. The van der Waals surface area contributed by atoms with E-state index in [1.807, 2.05) is 60.7 Å². The molecule has 2 atom stereocenters. The molecule has 0 aliphatic carbocycles. The first-order chi connectivity index (χ1) is 11.1. The number of carboxylic acid groups (broad SMARTS) is 1. The molecule has 0 radical (unpaired) electrons. The largest absolute Gasteiger partial charge is 0.481 e. The van der Waals surface area contributed by atoms with Crippen molar-refractivity contribution in [3.8, 4) is 0 Å². The number of hydrogen-bond donors (Lipinski definition) is 2. The van der Waals surface area contributed by atoms with Crippen LogP contribution >= 0.6 is 0 Å². The summed E-state index contributed by atoms with van der Waals surface area (Å²) in [6.45, 7) is 0. The van der Waals surface area contributed by atoms with Crippen LogP contribution in [0.15, 0.2) is 60.7 Å². The maximum Gasteiger partial charge on any atom is 0.306 e. The van der Waals surface area contributed by atoms with Crippen molar-refractivity contribution in [1.29, 1.82) is 0 Å². The zero-order valence-electron chi connectivity index (χ0n) is 12.9. The molecular formula is C19H21NO3. The van der Waals surface area contributed by atoms with Crippen molar-refractivity contribution in [1.82, 2.24) is 0 Å². The predicted octanol–water partition coefficient (Wildman–Crippen LogP) is 2.66. The molecule has 4 nitrogen and oxygen atoms in total. The Balaban J connectivity index is 2.08. The van der Waals surface area contributed by atoms with Gasteiger partial charge >= 0.3 is 5.97 Å². The van der Waals surface area contributed by atoms with Gasteiger partial charge in [0.15, 0.2) is 0 Å². The van der Waals surface area contributed by atoms with Crippen molar-refractivity contribution in [3.63, 3.8) is 0 Å². The van der Waals surface area contributed by atoms with Crippen molar-refractivity contribution in [2.75, 3.05) is 0 Å².